The van der Waals surface area contributed by atoms with Gasteiger partial charge in [0.2, 0.25) is 5.79 Å². The molecule has 0 unspecified atom stereocenters. The van der Waals surface area contributed by atoms with Crippen LogP contribution < -0.4 is 0 Å². The maximum atomic E-state index is 11.9. The van der Waals surface area contributed by atoms with Gasteiger partial charge in [-0.2, -0.15) is 0 Å². The minimum Gasteiger partial charge on any atom is -0.458 e. The molecule has 2 spiro atoms. The molecule has 0 radical (unpaired) electrons. The van der Waals surface area contributed by atoms with Crippen LogP contribution in [0.15, 0.2) is 11.1 Å². The lowest BCUT2D eigenvalue weighted by atomic mass is 9.44. The van der Waals surface area contributed by atoms with Gasteiger partial charge in [0.25, 0.3) is 0 Å². The van der Waals surface area contributed by atoms with Crippen molar-refractivity contribution in [2.24, 2.45) is 23.2 Å². The highest BCUT2D eigenvalue weighted by Crippen LogP contribution is 2.69. The summed E-state index contributed by atoms with van der Waals surface area (Å²) in [5, 5.41) is 0. The monoisotopic (exact) mass is 334 g/mol. The van der Waals surface area contributed by atoms with E-state index in [0.717, 1.165) is 19.3 Å². The largest absolute Gasteiger partial charge is 0.458 e. The minimum absolute atomic E-state index is 0.0492. The van der Waals surface area contributed by atoms with Crippen LogP contribution >= 0.6 is 0 Å². The summed E-state index contributed by atoms with van der Waals surface area (Å²) in [7, 11) is 0. The highest BCUT2D eigenvalue weighted by Gasteiger charge is 2.69. The molecule has 5 rings (SSSR count). The summed E-state index contributed by atoms with van der Waals surface area (Å²) in [6.45, 7) is 8.23. The number of fused-ring (bicyclic) bond motifs is 2. The lowest BCUT2D eigenvalue weighted by Gasteiger charge is -2.60. The van der Waals surface area contributed by atoms with Crippen LogP contribution in [0.1, 0.15) is 53.4 Å². The second kappa shape index (κ2) is 5.07. The van der Waals surface area contributed by atoms with E-state index in [4.69, 9.17) is 14.2 Å². The van der Waals surface area contributed by atoms with E-state index in [9.17, 15) is 9.59 Å². The standard InChI is InChI=1S/C19H26O5/c1-10(2)16-14-5-13(6-15(16)23-12(4)20)18(14)8-19(22-9-18)7-11(3)17(21)24-19/h11,13-15H,5-9H2,1-4H3/t11-,13+,14-,15-,18-,19-/m0/s1. The van der Waals surface area contributed by atoms with Gasteiger partial charge in [-0.05, 0) is 44.1 Å². The van der Waals surface area contributed by atoms with Crippen molar-refractivity contribution in [3.05, 3.63) is 11.1 Å². The predicted octanol–water partition coefficient (Wildman–Crippen LogP) is 2.98. The van der Waals surface area contributed by atoms with Crippen molar-refractivity contribution in [1.29, 1.82) is 0 Å². The molecule has 0 aromatic heterocycles. The molecule has 2 aliphatic heterocycles. The molecule has 24 heavy (non-hydrogen) atoms. The zero-order valence-corrected chi connectivity index (χ0v) is 14.9. The fourth-order valence-electron chi connectivity index (χ4n) is 5.67. The van der Waals surface area contributed by atoms with Crippen LogP contribution in [0.4, 0.5) is 0 Å². The zero-order chi connectivity index (χ0) is 17.3. The molecule has 5 heteroatoms. The Morgan fingerprint density at radius 3 is 2.58 bits per heavy atom. The number of hydrogen-bond acceptors (Lipinski definition) is 5. The zero-order valence-electron chi connectivity index (χ0n) is 14.9. The first-order chi connectivity index (χ1) is 11.3. The Hall–Kier alpha value is -1.36. The number of esters is 2. The normalized spacial score (nSPS) is 46.2. The average Bonchev–Trinajstić information content (AvgIpc) is 3.00. The van der Waals surface area contributed by atoms with E-state index in [1.807, 2.05) is 6.92 Å². The number of carbonyl (C=O) groups is 2. The number of carbonyl (C=O) groups excluding carboxylic acids is 2. The molecule has 6 atom stereocenters. The van der Waals surface area contributed by atoms with Crippen molar-refractivity contribution < 1.29 is 23.8 Å². The highest BCUT2D eigenvalue weighted by molar-refractivity contribution is 5.74. The number of allylic oxidation sites excluding steroid dienone is 1. The second-order valence-corrected chi connectivity index (χ2v) is 8.41. The van der Waals surface area contributed by atoms with Gasteiger partial charge in [-0.15, -0.1) is 0 Å². The van der Waals surface area contributed by atoms with Gasteiger partial charge < -0.3 is 14.2 Å². The summed E-state index contributed by atoms with van der Waals surface area (Å²) >= 11 is 0. The Balaban J connectivity index is 1.60. The van der Waals surface area contributed by atoms with Gasteiger partial charge in [0, 0.05) is 25.2 Å². The summed E-state index contributed by atoms with van der Waals surface area (Å²) in [5.41, 5.74) is 2.56. The van der Waals surface area contributed by atoms with Crippen molar-refractivity contribution in [3.63, 3.8) is 0 Å². The van der Waals surface area contributed by atoms with E-state index in [1.54, 1.807) is 0 Å². The SMILES string of the molecule is CC(=O)O[C@H]1C[C@H]2C[C@@H](C1=C(C)C)[C@@]21CO[C@]2(C[C@H](C)C(=O)O2)C1. The maximum Gasteiger partial charge on any atom is 0.311 e. The Morgan fingerprint density at radius 1 is 1.25 bits per heavy atom. The maximum absolute atomic E-state index is 11.9. The van der Waals surface area contributed by atoms with Crippen molar-refractivity contribution in [2.45, 2.75) is 65.3 Å². The fraction of sp³-hybridized carbons (Fsp3) is 0.789. The van der Waals surface area contributed by atoms with Crippen molar-refractivity contribution in [1.82, 2.24) is 0 Å². The first-order valence-corrected chi connectivity index (χ1v) is 8.98. The molecule has 0 amide bonds. The summed E-state index contributed by atoms with van der Waals surface area (Å²) in [6.07, 6.45) is 3.34. The van der Waals surface area contributed by atoms with Crippen molar-refractivity contribution in [3.8, 4) is 0 Å². The molecular weight excluding hydrogens is 308 g/mol. The summed E-state index contributed by atoms with van der Waals surface area (Å²) in [6, 6.07) is 0. The fourth-order valence-corrected chi connectivity index (χ4v) is 5.67. The Bertz CT molecular complexity index is 634. The first-order valence-electron chi connectivity index (χ1n) is 8.98. The van der Waals surface area contributed by atoms with E-state index in [2.05, 4.69) is 13.8 Å². The van der Waals surface area contributed by atoms with Gasteiger partial charge in [-0.3, -0.25) is 9.59 Å². The van der Waals surface area contributed by atoms with Gasteiger partial charge in [0.1, 0.15) is 6.10 Å². The van der Waals surface area contributed by atoms with E-state index in [-0.39, 0.29) is 29.4 Å². The van der Waals surface area contributed by atoms with Crippen LogP contribution in [0.25, 0.3) is 0 Å². The van der Waals surface area contributed by atoms with Crippen LogP contribution in [-0.2, 0) is 23.8 Å². The minimum atomic E-state index is -0.714. The van der Waals surface area contributed by atoms with Crippen LogP contribution in [0.2, 0.25) is 0 Å². The molecule has 2 bridgehead atoms. The summed E-state index contributed by atoms with van der Waals surface area (Å²) < 4.78 is 17.3. The summed E-state index contributed by atoms with van der Waals surface area (Å²) in [5.74, 6) is -0.307. The van der Waals surface area contributed by atoms with Crippen LogP contribution in [0, 0.1) is 23.2 Å². The predicted molar refractivity (Wildman–Crippen MR) is 85.7 cm³/mol. The van der Waals surface area contributed by atoms with E-state index >= 15 is 0 Å². The molecular formula is C19H26O5. The van der Waals surface area contributed by atoms with Gasteiger partial charge >= 0.3 is 11.9 Å². The van der Waals surface area contributed by atoms with Crippen LogP contribution in [0.5, 0.6) is 0 Å². The van der Waals surface area contributed by atoms with E-state index in [0.29, 0.717) is 24.9 Å². The number of hydrogen-bond donors (Lipinski definition) is 0. The number of ether oxygens (including phenoxy) is 3. The lowest BCUT2D eigenvalue weighted by Crippen LogP contribution is -2.58. The van der Waals surface area contributed by atoms with Crippen LogP contribution in [-0.4, -0.2) is 30.4 Å². The van der Waals surface area contributed by atoms with Gasteiger partial charge in [-0.1, -0.05) is 12.5 Å². The molecule has 0 N–H and O–H groups in total. The van der Waals surface area contributed by atoms with Crippen molar-refractivity contribution in [2.75, 3.05) is 6.61 Å². The molecule has 3 aliphatic carbocycles. The van der Waals surface area contributed by atoms with E-state index < -0.39 is 5.79 Å². The molecule has 5 fully saturated rings. The highest BCUT2D eigenvalue weighted by atomic mass is 16.7. The van der Waals surface area contributed by atoms with Crippen LogP contribution in [0.3, 0.4) is 0 Å². The average molecular weight is 334 g/mol. The van der Waals surface area contributed by atoms with Gasteiger partial charge in [0.15, 0.2) is 0 Å². The quantitative estimate of drug-likeness (QED) is 0.545. The Kier molecular flexibility index (Phi) is 3.41. The Labute approximate surface area is 142 Å². The molecule has 132 valence electrons. The number of rotatable bonds is 1. The molecule has 0 aromatic rings. The molecule has 5 nitrogen and oxygen atoms in total. The molecule has 3 saturated carbocycles. The molecule has 5 aliphatic rings. The van der Waals surface area contributed by atoms with Gasteiger partial charge in [-0.25, -0.2) is 0 Å². The topological polar surface area (TPSA) is 61.8 Å². The summed E-state index contributed by atoms with van der Waals surface area (Å²) in [4.78, 5) is 23.3. The second-order valence-electron chi connectivity index (χ2n) is 8.41. The third-order valence-corrected chi connectivity index (χ3v) is 6.64. The lowest BCUT2D eigenvalue weighted by molar-refractivity contribution is -0.192. The molecule has 2 heterocycles. The smallest absolute Gasteiger partial charge is 0.311 e. The molecule has 2 saturated heterocycles. The van der Waals surface area contributed by atoms with Crippen molar-refractivity contribution >= 4 is 11.9 Å². The van der Waals surface area contributed by atoms with E-state index in [1.165, 1.54) is 18.1 Å². The van der Waals surface area contributed by atoms with Gasteiger partial charge in [0.05, 0.1) is 12.5 Å². The Morgan fingerprint density at radius 2 is 2.00 bits per heavy atom. The third kappa shape index (κ3) is 2.10. The third-order valence-electron chi connectivity index (χ3n) is 6.64. The molecule has 0 aromatic carbocycles. The first kappa shape index (κ1) is 16.1.